The number of hydrogen-bond donors (Lipinski definition) is 2. The van der Waals surface area contributed by atoms with Crippen LogP contribution in [-0.4, -0.2) is 61.2 Å². The smallest absolute Gasteiger partial charge is 0.227 e. The summed E-state index contributed by atoms with van der Waals surface area (Å²) in [5, 5.41) is 19.4. The highest BCUT2D eigenvalue weighted by molar-refractivity contribution is 6.32. The molecule has 34 heavy (non-hydrogen) atoms. The Morgan fingerprint density at radius 1 is 1.15 bits per heavy atom. The number of aromatic nitrogens is 4. The molecule has 1 aliphatic heterocycles. The minimum absolute atomic E-state index is 0.0837. The summed E-state index contributed by atoms with van der Waals surface area (Å²) in [7, 11) is 0. The highest BCUT2D eigenvalue weighted by atomic mass is 35.5. The molecule has 180 valence electrons. The topological polar surface area (TPSA) is 79.1 Å². The van der Waals surface area contributed by atoms with Gasteiger partial charge in [0.15, 0.2) is 0 Å². The fourth-order valence-electron chi connectivity index (χ4n) is 5.69. The van der Waals surface area contributed by atoms with E-state index in [-0.39, 0.29) is 18.1 Å². The molecule has 0 amide bonds. The molecule has 0 bridgehead atoms. The predicted molar refractivity (Wildman–Crippen MR) is 131 cm³/mol. The first-order chi connectivity index (χ1) is 16.5. The van der Waals surface area contributed by atoms with Crippen LogP contribution in [0.1, 0.15) is 61.7 Å². The molecule has 1 aromatic carbocycles. The van der Waals surface area contributed by atoms with Crippen molar-refractivity contribution in [3.8, 4) is 0 Å². The number of fused-ring (bicyclic) bond motifs is 1. The van der Waals surface area contributed by atoms with Crippen molar-refractivity contribution in [2.45, 2.75) is 75.7 Å². The lowest BCUT2D eigenvalue weighted by molar-refractivity contribution is 0.0271. The van der Waals surface area contributed by atoms with Gasteiger partial charge in [-0.1, -0.05) is 11.6 Å². The van der Waals surface area contributed by atoms with E-state index in [1.165, 1.54) is 12.8 Å². The minimum Gasteiger partial charge on any atom is -0.391 e. The molecule has 2 N–H and O–H groups in total. The van der Waals surface area contributed by atoms with Gasteiger partial charge >= 0.3 is 0 Å². The van der Waals surface area contributed by atoms with Crippen LogP contribution in [0.3, 0.4) is 0 Å². The molecule has 4 atom stereocenters. The van der Waals surface area contributed by atoms with Crippen molar-refractivity contribution in [3.05, 3.63) is 40.8 Å². The minimum atomic E-state index is -1.04. The van der Waals surface area contributed by atoms with Crippen LogP contribution in [0.5, 0.6) is 0 Å². The summed E-state index contributed by atoms with van der Waals surface area (Å²) in [6, 6.07) is 4.35. The molecule has 2 saturated carbocycles. The number of aliphatic hydroxyl groups excluding tert-OH is 1. The van der Waals surface area contributed by atoms with E-state index in [0.29, 0.717) is 30.0 Å². The Kier molecular flexibility index (Phi) is 5.70. The number of anilines is 2. The van der Waals surface area contributed by atoms with E-state index in [4.69, 9.17) is 16.6 Å². The molecule has 2 unspecified atom stereocenters. The maximum atomic E-state index is 15.4. The van der Waals surface area contributed by atoms with Gasteiger partial charge in [-0.2, -0.15) is 5.10 Å². The summed E-state index contributed by atoms with van der Waals surface area (Å²) in [5.74, 6) is 0.207. The average Bonchev–Trinajstić information content (AvgIpc) is 3.47. The summed E-state index contributed by atoms with van der Waals surface area (Å²) >= 11 is 6.61. The Morgan fingerprint density at radius 2 is 2.00 bits per heavy atom. The number of hydrogen-bond acceptors (Lipinski definition) is 6. The van der Waals surface area contributed by atoms with Crippen LogP contribution in [0.2, 0.25) is 5.02 Å². The van der Waals surface area contributed by atoms with E-state index in [2.05, 4.69) is 25.0 Å². The maximum Gasteiger partial charge on any atom is 0.227 e. The molecule has 6 rings (SSSR count). The third kappa shape index (κ3) is 4.06. The summed E-state index contributed by atoms with van der Waals surface area (Å²) in [5.41, 5.74) is 3.51. The zero-order valence-electron chi connectivity index (χ0n) is 19.3. The van der Waals surface area contributed by atoms with Crippen LogP contribution in [-0.2, 0) is 0 Å². The van der Waals surface area contributed by atoms with Gasteiger partial charge in [-0.15, -0.1) is 0 Å². The Hall–Kier alpha value is -2.29. The number of likely N-dealkylation sites (tertiary alicyclic amines) is 1. The lowest BCUT2D eigenvalue weighted by atomic mass is 9.86. The largest absolute Gasteiger partial charge is 0.391 e. The maximum absolute atomic E-state index is 15.4. The number of rotatable bonds is 5. The lowest BCUT2D eigenvalue weighted by Gasteiger charge is -2.39. The van der Waals surface area contributed by atoms with E-state index >= 15 is 4.39 Å². The van der Waals surface area contributed by atoms with Crippen molar-refractivity contribution >= 4 is 34.1 Å². The number of benzene rings is 1. The molecule has 3 fully saturated rings. The number of nitrogens with zero attached hydrogens (tertiary/aromatic N) is 5. The van der Waals surface area contributed by atoms with E-state index < -0.39 is 6.17 Å². The van der Waals surface area contributed by atoms with Crippen molar-refractivity contribution < 1.29 is 9.50 Å². The molecule has 1 saturated heterocycles. The van der Waals surface area contributed by atoms with Crippen LogP contribution < -0.4 is 5.32 Å². The summed E-state index contributed by atoms with van der Waals surface area (Å²) in [6.07, 6.45) is 7.98. The van der Waals surface area contributed by atoms with Crippen molar-refractivity contribution in [1.82, 2.24) is 24.6 Å². The van der Waals surface area contributed by atoms with Gasteiger partial charge in [0.25, 0.3) is 0 Å². The quantitative estimate of drug-likeness (QED) is 0.536. The standard InChI is InChI=1S/C25H30ClFN6O/c1-14-22(12-29-33(14)16-5-6-16)31-25-28-11-15-9-19(26)18(10-21(15)30-25)17-7-8-32(13-20(17)27)23-3-2-4-24(23)34/h9-12,16-17,20,23-24,34H,2-8,13H2,1H3,(H,28,30,31)/t17-,20+,23?,24?/m1/s1. The molecular weight excluding hydrogens is 455 g/mol. The van der Waals surface area contributed by atoms with Crippen molar-refractivity contribution in [1.29, 1.82) is 0 Å². The first-order valence-electron chi connectivity index (χ1n) is 12.3. The Bertz CT molecular complexity index is 1210. The molecule has 7 nitrogen and oxygen atoms in total. The molecule has 0 radical (unpaired) electrons. The first kappa shape index (κ1) is 22.2. The number of alkyl halides is 1. The van der Waals surface area contributed by atoms with E-state index in [0.717, 1.165) is 53.7 Å². The average molecular weight is 485 g/mol. The van der Waals surface area contributed by atoms with Gasteiger partial charge in [0.2, 0.25) is 5.95 Å². The second-order valence-electron chi connectivity index (χ2n) is 10.0. The molecule has 0 spiro atoms. The van der Waals surface area contributed by atoms with Crippen LogP contribution in [0.4, 0.5) is 16.0 Å². The normalized spacial score (nSPS) is 28.0. The van der Waals surface area contributed by atoms with E-state index in [1.54, 1.807) is 6.20 Å². The predicted octanol–water partition coefficient (Wildman–Crippen LogP) is 4.91. The highest BCUT2D eigenvalue weighted by Crippen LogP contribution is 2.39. The molecule has 3 aromatic rings. The zero-order chi connectivity index (χ0) is 23.4. The fraction of sp³-hybridized carbons (Fsp3) is 0.560. The van der Waals surface area contributed by atoms with Crippen molar-refractivity contribution in [2.24, 2.45) is 0 Å². The second-order valence-corrected chi connectivity index (χ2v) is 10.4. The van der Waals surface area contributed by atoms with Gasteiger partial charge in [0, 0.05) is 35.1 Å². The summed E-state index contributed by atoms with van der Waals surface area (Å²) in [4.78, 5) is 11.3. The van der Waals surface area contributed by atoms with Crippen LogP contribution in [0, 0.1) is 6.92 Å². The highest BCUT2D eigenvalue weighted by Gasteiger charge is 2.38. The number of piperidine rings is 1. The molecule has 3 aliphatic rings. The molecule has 2 aliphatic carbocycles. The fourth-order valence-corrected chi connectivity index (χ4v) is 6.00. The van der Waals surface area contributed by atoms with Crippen LogP contribution >= 0.6 is 11.6 Å². The molecule has 9 heteroatoms. The lowest BCUT2D eigenvalue weighted by Crippen LogP contribution is -2.49. The van der Waals surface area contributed by atoms with Crippen molar-refractivity contribution in [2.75, 3.05) is 18.4 Å². The number of aliphatic hydroxyl groups is 1. The molecular formula is C25H30ClFN6O. The van der Waals surface area contributed by atoms with E-state index in [9.17, 15) is 5.11 Å². The third-order valence-electron chi connectivity index (χ3n) is 7.77. The summed E-state index contributed by atoms with van der Waals surface area (Å²) in [6.45, 7) is 3.15. The van der Waals surface area contributed by atoms with Gasteiger partial charge < -0.3 is 10.4 Å². The Balaban J connectivity index is 1.23. The van der Waals surface area contributed by atoms with Gasteiger partial charge in [-0.05, 0) is 69.7 Å². The van der Waals surface area contributed by atoms with Gasteiger partial charge in [-0.25, -0.2) is 14.4 Å². The third-order valence-corrected chi connectivity index (χ3v) is 8.09. The monoisotopic (exact) mass is 484 g/mol. The van der Waals surface area contributed by atoms with Gasteiger partial charge in [0.1, 0.15) is 6.17 Å². The van der Waals surface area contributed by atoms with Gasteiger partial charge in [0.05, 0.1) is 35.2 Å². The first-order valence-corrected chi connectivity index (χ1v) is 12.7. The second kappa shape index (κ2) is 8.73. The Morgan fingerprint density at radius 3 is 2.74 bits per heavy atom. The number of nitrogens with one attached hydrogen (secondary N) is 1. The molecule has 3 heterocycles. The van der Waals surface area contributed by atoms with Gasteiger partial charge in [-0.3, -0.25) is 9.58 Å². The SMILES string of the molecule is Cc1c(Nc2ncc3cc(Cl)c([C@H]4CCN(C5CCCC5O)C[C@@H]4F)cc3n2)cnn1C1CC1. The summed E-state index contributed by atoms with van der Waals surface area (Å²) < 4.78 is 17.4. The molecule has 2 aromatic heterocycles. The number of halogens is 2. The van der Waals surface area contributed by atoms with Crippen LogP contribution in [0.15, 0.2) is 24.5 Å². The zero-order valence-corrected chi connectivity index (χ0v) is 20.0. The van der Waals surface area contributed by atoms with Crippen LogP contribution in [0.25, 0.3) is 10.9 Å². The Labute approximate surface area is 203 Å². The van der Waals surface area contributed by atoms with Crippen molar-refractivity contribution in [3.63, 3.8) is 0 Å². The van der Waals surface area contributed by atoms with E-state index in [1.807, 2.05) is 25.3 Å².